The van der Waals surface area contributed by atoms with E-state index in [1.54, 1.807) is 50.8 Å². The van der Waals surface area contributed by atoms with Crippen LogP contribution in [0.4, 0.5) is 5.69 Å². The average Bonchev–Trinajstić information content (AvgIpc) is 2.53. The van der Waals surface area contributed by atoms with Crippen molar-refractivity contribution in [2.75, 3.05) is 25.2 Å². The summed E-state index contributed by atoms with van der Waals surface area (Å²) in [7, 11) is 3.39. The maximum Gasteiger partial charge on any atom is 0.253 e. The molecule has 1 aromatic heterocycles. The molecule has 5 nitrogen and oxygen atoms in total. The summed E-state index contributed by atoms with van der Waals surface area (Å²) in [6.07, 6.45) is 3.38. The molecule has 2 aromatic rings. The number of hydrogen-bond donors (Lipinski definition) is 1. The number of rotatable bonds is 5. The normalized spacial score (nSPS) is 10.1. The van der Waals surface area contributed by atoms with Gasteiger partial charge in [-0.2, -0.15) is 0 Å². The fraction of sp³-hybridized carbons (Fsp3) is 0.188. The SMILES string of the molecule is CN(C)C(=O)c1cccc(NC(=O)CSc2ccncc2)c1. The van der Waals surface area contributed by atoms with Crippen molar-refractivity contribution >= 4 is 29.3 Å². The number of anilines is 1. The summed E-state index contributed by atoms with van der Waals surface area (Å²) < 4.78 is 0. The fourth-order valence-corrected chi connectivity index (χ4v) is 2.45. The van der Waals surface area contributed by atoms with Crippen molar-refractivity contribution in [2.24, 2.45) is 0 Å². The van der Waals surface area contributed by atoms with E-state index < -0.39 is 0 Å². The third-order valence-electron chi connectivity index (χ3n) is 2.82. The summed E-state index contributed by atoms with van der Waals surface area (Å²) in [5.74, 6) is 0.0918. The van der Waals surface area contributed by atoms with E-state index >= 15 is 0 Å². The maximum absolute atomic E-state index is 12.0. The van der Waals surface area contributed by atoms with Crippen molar-refractivity contribution < 1.29 is 9.59 Å². The number of carbonyl (C=O) groups is 2. The van der Waals surface area contributed by atoms with Crippen molar-refractivity contribution in [2.45, 2.75) is 4.90 Å². The lowest BCUT2D eigenvalue weighted by Gasteiger charge is -2.11. The number of nitrogens with one attached hydrogen (secondary N) is 1. The molecule has 0 fully saturated rings. The number of amides is 2. The van der Waals surface area contributed by atoms with Crippen molar-refractivity contribution in [1.29, 1.82) is 0 Å². The molecule has 1 heterocycles. The summed E-state index contributed by atoms with van der Waals surface area (Å²) in [6.45, 7) is 0. The van der Waals surface area contributed by atoms with Gasteiger partial charge in [-0.25, -0.2) is 0 Å². The van der Waals surface area contributed by atoms with Crippen LogP contribution in [0.5, 0.6) is 0 Å². The van der Waals surface area contributed by atoms with Gasteiger partial charge in [0.15, 0.2) is 0 Å². The van der Waals surface area contributed by atoms with E-state index in [-0.39, 0.29) is 11.8 Å². The van der Waals surface area contributed by atoms with Crippen LogP contribution < -0.4 is 5.32 Å². The van der Waals surface area contributed by atoms with E-state index in [1.807, 2.05) is 12.1 Å². The Kier molecular flexibility index (Phi) is 5.55. The summed E-state index contributed by atoms with van der Waals surface area (Å²) in [5, 5.41) is 2.80. The monoisotopic (exact) mass is 315 g/mol. The van der Waals surface area contributed by atoms with Gasteiger partial charge in [0.25, 0.3) is 5.91 Å². The molecular weight excluding hydrogens is 298 g/mol. The van der Waals surface area contributed by atoms with E-state index in [4.69, 9.17) is 0 Å². The van der Waals surface area contributed by atoms with Crippen LogP contribution in [0.2, 0.25) is 0 Å². The summed E-state index contributed by atoms with van der Waals surface area (Å²) in [5.41, 5.74) is 1.16. The van der Waals surface area contributed by atoms with Crippen LogP contribution in [-0.4, -0.2) is 41.5 Å². The third kappa shape index (κ3) is 4.60. The molecule has 0 atom stereocenters. The number of thioether (sulfide) groups is 1. The lowest BCUT2D eigenvalue weighted by atomic mass is 10.2. The molecule has 2 amide bonds. The van der Waals surface area contributed by atoms with Gasteiger partial charge in [0, 0.05) is 42.6 Å². The van der Waals surface area contributed by atoms with E-state index in [0.717, 1.165) is 4.90 Å². The molecule has 0 aliphatic rings. The highest BCUT2D eigenvalue weighted by Crippen LogP contribution is 2.17. The molecule has 0 aliphatic carbocycles. The van der Waals surface area contributed by atoms with Gasteiger partial charge in [-0.15, -0.1) is 11.8 Å². The van der Waals surface area contributed by atoms with Crippen LogP contribution in [0.1, 0.15) is 10.4 Å². The van der Waals surface area contributed by atoms with Crippen molar-refractivity contribution in [3.63, 3.8) is 0 Å². The van der Waals surface area contributed by atoms with E-state index in [2.05, 4.69) is 10.3 Å². The van der Waals surface area contributed by atoms with Crippen molar-refractivity contribution in [1.82, 2.24) is 9.88 Å². The number of carbonyl (C=O) groups excluding carboxylic acids is 2. The van der Waals surface area contributed by atoms with Crippen LogP contribution >= 0.6 is 11.8 Å². The summed E-state index contributed by atoms with van der Waals surface area (Å²) in [4.78, 5) is 30.3. The topological polar surface area (TPSA) is 62.3 Å². The highest BCUT2D eigenvalue weighted by molar-refractivity contribution is 8.00. The minimum atomic E-state index is -0.115. The summed E-state index contributed by atoms with van der Waals surface area (Å²) in [6, 6.07) is 10.6. The molecule has 2 rings (SSSR count). The lowest BCUT2D eigenvalue weighted by Crippen LogP contribution is -2.22. The Labute approximate surface area is 133 Å². The van der Waals surface area contributed by atoms with Gasteiger partial charge in [0.1, 0.15) is 0 Å². The average molecular weight is 315 g/mol. The second-order valence-electron chi connectivity index (χ2n) is 4.80. The number of pyridine rings is 1. The first-order valence-electron chi connectivity index (χ1n) is 6.70. The molecule has 0 bridgehead atoms. The molecule has 0 aliphatic heterocycles. The minimum Gasteiger partial charge on any atom is -0.345 e. The number of aromatic nitrogens is 1. The number of nitrogens with zero attached hydrogens (tertiary/aromatic N) is 2. The molecule has 0 saturated carbocycles. The molecule has 1 aromatic carbocycles. The van der Waals surface area contributed by atoms with E-state index in [9.17, 15) is 9.59 Å². The zero-order valence-electron chi connectivity index (χ0n) is 12.4. The highest BCUT2D eigenvalue weighted by Gasteiger charge is 2.09. The molecule has 0 unspecified atom stereocenters. The maximum atomic E-state index is 12.0. The van der Waals surface area contributed by atoms with Gasteiger partial charge in [-0.05, 0) is 30.3 Å². The molecule has 1 N–H and O–H groups in total. The van der Waals surface area contributed by atoms with Crippen LogP contribution in [0.15, 0.2) is 53.7 Å². The standard InChI is InChI=1S/C16H17N3O2S/c1-19(2)16(21)12-4-3-5-13(10-12)18-15(20)11-22-14-6-8-17-9-7-14/h3-10H,11H2,1-2H3,(H,18,20). The fourth-order valence-electron chi connectivity index (χ4n) is 1.77. The predicted octanol–water partition coefficient (Wildman–Crippen LogP) is 2.51. The Hall–Kier alpha value is -2.34. The first-order valence-corrected chi connectivity index (χ1v) is 7.69. The first kappa shape index (κ1) is 16.0. The van der Waals surface area contributed by atoms with Crippen LogP contribution in [0.25, 0.3) is 0 Å². The molecular formula is C16H17N3O2S. The second-order valence-corrected chi connectivity index (χ2v) is 5.85. The van der Waals surface area contributed by atoms with Gasteiger partial charge in [-0.3, -0.25) is 14.6 Å². The van der Waals surface area contributed by atoms with Crippen LogP contribution in [-0.2, 0) is 4.79 Å². The zero-order chi connectivity index (χ0) is 15.9. The van der Waals surface area contributed by atoms with Gasteiger partial charge in [0.05, 0.1) is 5.75 Å². The smallest absolute Gasteiger partial charge is 0.253 e. The second kappa shape index (κ2) is 7.61. The van der Waals surface area contributed by atoms with Crippen molar-refractivity contribution in [3.8, 4) is 0 Å². The minimum absolute atomic E-state index is 0.0951. The van der Waals surface area contributed by atoms with Gasteiger partial charge in [-0.1, -0.05) is 6.07 Å². The largest absolute Gasteiger partial charge is 0.345 e. The van der Waals surface area contributed by atoms with Gasteiger partial charge < -0.3 is 10.2 Å². The number of benzene rings is 1. The molecule has 114 valence electrons. The highest BCUT2D eigenvalue weighted by atomic mass is 32.2. The third-order valence-corrected chi connectivity index (χ3v) is 3.83. The van der Waals surface area contributed by atoms with Crippen molar-refractivity contribution in [3.05, 3.63) is 54.4 Å². The van der Waals surface area contributed by atoms with Gasteiger partial charge in [0.2, 0.25) is 5.91 Å². The summed E-state index contributed by atoms with van der Waals surface area (Å²) >= 11 is 1.44. The Bertz CT molecular complexity index is 659. The molecule has 22 heavy (non-hydrogen) atoms. The zero-order valence-corrected chi connectivity index (χ0v) is 13.3. The molecule has 0 radical (unpaired) electrons. The van der Waals surface area contributed by atoms with E-state index in [1.165, 1.54) is 16.7 Å². The van der Waals surface area contributed by atoms with Gasteiger partial charge >= 0.3 is 0 Å². The quantitative estimate of drug-likeness (QED) is 0.861. The number of hydrogen-bond acceptors (Lipinski definition) is 4. The predicted molar refractivity (Wildman–Crippen MR) is 88.1 cm³/mol. The Morgan fingerprint density at radius 2 is 1.91 bits per heavy atom. The van der Waals surface area contributed by atoms with Crippen LogP contribution in [0.3, 0.4) is 0 Å². The van der Waals surface area contributed by atoms with E-state index in [0.29, 0.717) is 17.0 Å². The molecule has 0 spiro atoms. The molecule has 6 heteroatoms. The Morgan fingerprint density at radius 1 is 1.18 bits per heavy atom. The Balaban J connectivity index is 1.94. The lowest BCUT2D eigenvalue weighted by molar-refractivity contribution is -0.113. The molecule has 0 saturated heterocycles. The first-order chi connectivity index (χ1) is 10.6. The Morgan fingerprint density at radius 3 is 2.59 bits per heavy atom. The van der Waals surface area contributed by atoms with Crippen LogP contribution in [0, 0.1) is 0 Å².